The molecule has 266 valence electrons. The number of anilines is 3. The van der Waals surface area contributed by atoms with Crippen LogP contribution < -0.4 is 4.90 Å². The van der Waals surface area contributed by atoms with Gasteiger partial charge in [-0.3, -0.25) is 0 Å². The van der Waals surface area contributed by atoms with Gasteiger partial charge in [-0.1, -0.05) is 141 Å². The Morgan fingerprint density at radius 2 is 1.14 bits per heavy atom. The van der Waals surface area contributed by atoms with Gasteiger partial charge in [-0.2, -0.15) is 0 Å². The monoisotopic (exact) mass is 720 g/mol. The summed E-state index contributed by atoms with van der Waals surface area (Å²) in [5.41, 5.74) is 16.8. The first kappa shape index (κ1) is 32.3. The number of aromatic nitrogens is 1. The van der Waals surface area contributed by atoms with Crippen LogP contribution in [0.5, 0.6) is 0 Å². The summed E-state index contributed by atoms with van der Waals surface area (Å²) in [6.07, 6.45) is 0. The van der Waals surface area contributed by atoms with Crippen LogP contribution in [-0.2, 0) is 5.41 Å². The minimum Gasteiger partial charge on any atom is -0.456 e. The molecule has 0 radical (unpaired) electrons. The normalized spacial score (nSPS) is 13.0. The fourth-order valence-corrected chi connectivity index (χ4v) is 8.83. The lowest BCUT2D eigenvalue weighted by molar-refractivity contribution is 0.619. The van der Waals surface area contributed by atoms with Crippen molar-refractivity contribution in [3.63, 3.8) is 0 Å². The second-order valence-corrected chi connectivity index (χ2v) is 15.1. The molecule has 0 saturated carbocycles. The number of oxazole rings is 1. The van der Waals surface area contributed by atoms with E-state index in [1.54, 1.807) is 0 Å². The van der Waals surface area contributed by atoms with Crippen LogP contribution in [0.3, 0.4) is 0 Å². The first-order valence-corrected chi connectivity index (χ1v) is 19.1. The van der Waals surface area contributed by atoms with Crippen LogP contribution in [0.2, 0.25) is 0 Å². The van der Waals surface area contributed by atoms with Gasteiger partial charge in [-0.25, -0.2) is 4.98 Å². The number of furan rings is 1. The van der Waals surface area contributed by atoms with Crippen LogP contribution in [0.25, 0.3) is 77.9 Å². The molecule has 1 aliphatic rings. The zero-order valence-electron chi connectivity index (χ0n) is 31.0. The van der Waals surface area contributed by atoms with E-state index in [1.807, 2.05) is 30.3 Å². The molecule has 0 amide bonds. The van der Waals surface area contributed by atoms with Crippen molar-refractivity contribution in [3.05, 3.63) is 193 Å². The lowest BCUT2D eigenvalue weighted by Gasteiger charge is -2.30. The Morgan fingerprint density at radius 1 is 0.464 bits per heavy atom. The number of para-hydroxylation sites is 1. The van der Waals surface area contributed by atoms with Crippen molar-refractivity contribution in [3.8, 4) is 44.8 Å². The molecule has 0 unspecified atom stereocenters. The summed E-state index contributed by atoms with van der Waals surface area (Å²) in [4.78, 5) is 7.63. The molecule has 10 aromatic rings. The number of hydrogen-bond donors (Lipinski definition) is 0. The predicted molar refractivity (Wildman–Crippen MR) is 230 cm³/mol. The predicted octanol–water partition coefficient (Wildman–Crippen LogP) is 14.5. The second-order valence-electron chi connectivity index (χ2n) is 15.1. The summed E-state index contributed by atoms with van der Waals surface area (Å²) in [5.74, 6) is 0.567. The molecule has 0 aliphatic heterocycles. The van der Waals surface area contributed by atoms with Crippen molar-refractivity contribution in [1.29, 1.82) is 0 Å². The first-order valence-electron chi connectivity index (χ1n) is 19.1. The van der Waals surface area contributed by atoms with Crippen LogP contribution in [0.1, 0.15) is 25.0 Å². The summed E-state index contributed by atoms with van der Waals surface area (Å²) in [6, 6.07) is 64.4. The van der Waals surface area contributed by atoms with Crippen molar-refractivity contribution in [2.75, 3.05) is 4.90 Å². The Hall–Kier alpha value is -7.17. The lowest BCUT2D eigenvalue weighted by Crippen LogP contribution is -2.16. The van der Waals surface area contributed by atoms with E-state index in [1.165, 1.54) is 27.8 Å². The van der Waals surface area contributed by atoms with Crippen LogP contribution in [0.15, 0.2) is 191 Å². The van der Waals surface area contributed by atoms with Gasteiger partial charge in [0.05, 0.1) is 11.1 Å². The minimum atomic E-state index is -0.142. The topological polar surface area (TPSA) is 42.4 Å². The van der Waals surface area contributed by atoms with Gasteiger partial charge in [0, 0.05) is 33.3 Å². The molecule has 0 fully saturated rings. The molecule has 4 heteroatoms. The maximum absolute atomic E-state index is 6.63. The molecule has 8 aromatic carbocycles. The molecule has 2 aromatic heterocycles. The number of rotatable bonds is 6. The van der Waals surface area contributed by atoms with Gasteiger partial charge in [-0.15, -0.1) is 0 Å². The van der Waals surface area contributed by atoms with E-state index in [9.17, 15) is 0 Å². The molecule has 2 heterocycles. The van der Waals surface area contributed by atoms with Gasteiger partial charge in [-0.05, 0) is 93.5 Å². The van der Waals surface area contributed by atoms with Crippen LogP contribution in [-0.4, -0.2) is 4.98 Å². The average Bonchev–Trinajstić information content (AvgIpc) is 3.92. The van der Waals surface area contributed by atoms with Gasteiger partial charge in [0.1, 0.15) is 16.7 Å². The number of fused-ring (bicyclic) bond motifs is 8. The Balaban J connectivity index is 1.15. The smallest absolute Gasteiger partial charge is 0.227 e. The van der Waals surface area contributed by atoms with Crippen LogP contribution in [0, 0.1) is 0 Å². The fourth-order valence-electron chi connectivity index (χ4n) is 8.83. The Labute approximate surface area is 324 Å². The summed E-state index contributed by atoms with van der Waals surface area (Å²) in [5, 5.41) is 2.00. The molecular formula is C52H36N2O2. The van der Waals surface area contributed by atoms with Gasteiger partial charge < -0.3 is 13.7 Å². The van der Waals surface area contributed by atoms with Crippen molar-refractivity contribution < 1.29 is 8.83 Å². The molecule has 56 heavy (non-hydrogen) atoms. The minimum absolute atomic E-state index is 0.142. The molecule has 11 rings (SSSR count). The van der Waals surface area contributed by atoms with E-state index in [4.69, 9.17) is 13.8 Å². The van der Waals surface area contributed by atoms with Gasteiger partial charge in [0.2, 0.25) is 5.89 Å². The highest BCUT2D eigenvalue weighted by atomic mass is 16.4. The molecule has 1 aliphatic carbocycles. The average molecular weight is 721 g/mol. The van der Waals surface area contributed by atoms with Crippen molar-refractivity contribution in [2.45, 2.75) is 19.3 Å². The maximum atomic E-state index is 6.63. The number of benzene rings is 8. The first-order chi connectivity index (χ1) is 27.5. The second kappa shape index (κ2) is 12.4. The molecular weight excluding hydrogens is 685 g/mol. The Bertz CT molecular complexity index is 3120. The standard InChI is InChI=1S/C52H36N2O2/c1-52(2)42-23-11-9-21-39(42)48-43(52)24-14-25-44(48)54(36-20-13-19-35(31-36)33-15-5-3-6-16-33)37-27-28-38(41(32-37)34-17-7-4-8-18-34)51-53-50-47(56-51)30-29-46-49(50)40-22-10-12-26-45(40)55-46/h3-32H,1-2H3. The van der Waals surface area contributed by atoms with Crippen molar-refractivity contribution >= 4 is 50.1 Å². The van der Waals surface area contributed by atoms with E-state index in [0.29, 0.717) is 5.89 Å². The molecule has 0 spiro atoms. The fraction of sp³-hybridized carbons (Fsp3) is 0.0577. The van der Waals surface area contributed by atoms with E-state index >= 15 is 0 Å². The third-order valence-corrected chi connectivity index (χ3v) is 11.5. The highest BCUT2D eigenvalue weighted by Crippen LogP contribution is 2.54. The van der Waals surface area contributed by atoms with E-state index in [0.717, 1.165) is 72.4 Å². The summed E-state index contributed by atoms with van der Waals surface area (Å²) >= 11 is 0. The third kappa shape index (κ3) is 4.96. The molecule has 0 bridgehead atoms. The number of hydrogen-bond acceptors (Lipinski definition) is 4. The zero-order valence-corrected chi connectivity index (χ0v) is 31.0. The van der Waals surface area contributed by atoms with Crippen LogP contribution in [0.4, 0.5) is 17.1 Å². The van der Waals surface area contributed by atoms with E-state index in [-0.39, 0.29) is 5.41 Å². The van der Waals surface area contributed by atoms with E-state index in [2.05, 4.69) is 170 Å². The largest absolute Gasteiger partial charge is 0.456 e. The summed E-state index contributed by atoms with van der Waals surface area (Å²) < 4.78 is 12.8. The Morgan fingerprint density at radius 3 is 2.00 bits per heavy atom. The third-order valence-electron chi connectivity index (χ3n) is 11.5. The molecule has 4 nitrogen and oxygen atoms in total. The highest BCUT2D eigenvalue weighted by Gasteiger charge is 2.37. The SMILES string of the molecule is CC1(C)c2ccccc2-c2c(N(c3cccc(-c4ccccc4)c3)c3ccc(-c4nc5c(ccc6oc7ccccc7c65)o4)c(-c4ccccc4)c3)cccc21. The summed E-state index contributed by atoms with van der Waals surface area (Å²) in [6.45, 7) is 4.68. The quantitative estimate of drug-likeness (QED) is 0.171. The van der Waals surface area contributed by atoms with E-state index < -0.39 is 0 Å². The summed E-state index contributed by atoms with van der Waals surface area (Å²) in [7, 11) is 0. The molecule has 0 N–H and O–H groups in total. The molecule has 0 saturated heterocycles. The van der Waals surface area contributed by atoms with Gasteiger partial charge >= 0.3 is 0 Å². The Kier molecular flexibility index (Phi) is 7.17. The van der Waals surface area contributed by atoms with Crippen molar-refractivity contribution in [2.24, 2.45) is 0 Å². The zero-order chi connectivity index (χ0) is 37.4. The highest BCUT2D eigenvalue weighted by molar-refractivity contribution is 6.16. The molecule has 0 atom stereocenters. The lowest BCUT2D eigenvalue weighted by atomic mass is 9.82. The van der Waals surface area contributed by atoms with Gasteiger partial charge in [0.25, 0.3) is 0 Å². The number of nitrogens with zero attached hydrogens (tertiary/aromatic N) is 2. The van der Waals surface area contributed by atoms with Crippen molar-refractivity contribution in [1.82, 2.24) is 4.98 Å². The van der Waals surface area contributed by atoms with Gasteiger partial charge in [0.15, 0.2) is 5.58 Å². The van der Waals surface area contributed by atoms with Crippen LogP contribution >= 0.6 is 0 Å². The maximum Gasteiger partial charge on any atom is 0.227 e.